The lowest BCUT2D eigenvalue weighted by Crippen LogP contribution is -2.39. The number of benzene rings is 1. The molecule has 2 N–H and O–H groups in total. The molecule has 1 aromatic rings. The maximum Gasteiger partial charge on any atom is 0.292 e. The molecule has 2 rings (SSSR count). The number of aliphatic hydroxyl groups excluding tert-OH is 1. The highest BCUT2D eigenvalue weighted by Crippen LogP contribution is 2.30. The molecule has 0 saturated heterocycles. The van der Waals surface area contributed by atoms with E-state index in [1.807, 2.05) is 6.07 Å². The summed E-state index contributed by atoms with van der Waals surface area (Å²) in [5.41, 5.74) is 0.661. The summed E-state index contributed by atoms with van der Waals surface area (Å²) in [5, 5.41) is 31.7. The molecule has 0 aliphatic heterocycles. The van der Waals surface area contributed by atoms with E-state index in [0.717, 1.165) is 0 Å². The number of anilines is 1. The van der Waals surface area contributed by atoms with E-state index in [4.69, 9.17) is 10.4 Å². The van der Waals surface area contributed by atoms with Crippen LogP contribution >= 0.6 is 0 Å². The van der Waals surface area contributed by atoms with Gasteiger partial charge in [0.15, 0.2) is 0 Å². The van der Waals surface area contributed by atoms with Gasteiger partial charge in [-0.2, -0.15) is 5.26 Å². The van der Waals surface area contributed by atoms with Gasteiger partial charge in [0.2, 0.25) is 0 Å². The molecule has 0 atom stereocenters. The topological polar surface area (TPSA) is 99.2 Å². The van der Waals surface area contributed by atoms with Crippen molar-refractivity contribution >= 4 is 11.4 Å². The Kier molecular flexibility index (Phi) is 2.93. The Balaban J connectivity index is 2.23. The van der Waals surface area contributed by atoms with Gasteiger partial charge in [0, 0.05) is 12.1 Å². The Labute approximate surface area is 97.6 Å². The van der Waals surface area contributed by atoms with Crippen LogP contribution in [-0.4, -0.2) is 22.2 Å². The molecule has 0 bridgehead atoms. The quantitative estimate of drug-likeness (QED) is 0.607. The van der Waals surface area contributed by atoms with Crippen LogP contribution < -0.4 is 5.32 Å². The Hall–Kier alpha value is -2.13. The summed E-state index contributed by atoms with van der Waals surface area (Å²) in [6.07, 6.45) is 0.827. The van der Waals surface area contributed by atoms with Gasteiger partial charge in [0.25, 0.3) is 5.69 Å². The first-order valence-electron chi connectivity index (χ1n) is 5.23. The number of nitro groups is 1. The van der Waals surface area contributed by atoms with Crippen molar-refractivity contribution in [1.82, 2.24) is 0 Å². The normalized spacial score (nSPS) is 22.4. The van der Waals surface area contributed by atoms with Crippen LogP contribution in [0.5, 0.6) is 0 Å². The Morgan fingerprint density at radius 3 is 2.76 bits per heavy atom. The number of nitrogens with zero attached hydrogens (tertiary/aromatic N) is 2. The van der Waals surface area contributed by atoms with Gasteiger partial charge in [0.1, 0.15) is 5.69 Å². The van der Waals surface area contributed by atoms with E-state index < -0.39 is 4.92 Å². The van der Waals surface area contributed by atoms with Gasteiger partial charge in [-0.05, 0) is 25.0 Å². The first kappa shape index (κ1) is 11.4. The SMILES string of the molecule is N#Cc1ccc([N+](=O)[O-])c(N[C@H]2C[C@@H](O)C2)c1. The van der Waals surface area contributed by atoms with Crippen LogP contribution in [0.15, 0.2) is 18.2 Å². The third-order valence-corrected chi connectivity index (χ3v) is 2.80. The minimum Gasteiger partial charge on any atom is -0.393 e. The minimum absolute atomic E-state index is 0.0395. The van der Waals surface area contributed by atoms with Gasteiger partial charge >= 0.3 is 0 Å². The summed E-state index contributed by atoms with van der Waals surface area (Å²) in [6.45, 7) is 0. The first-order valence-corrected chi connectivity index (χ1v) is 5.23. The highest BCUT2D eigenvalue weighted by molar-refractivity contribution is 5.64. The smallest absolute Gasteiger partial charge is 0.292 e. The largest absolute Gasteiger partial charge is 0.393 e. The molecule has 0 amide bonds. The number of aliphatic hydroxyl groups is 1. The van der Waals surface area contributed by atoms with Crippen molar-refractivity contribution in [2.75, 3.05) is 5.32 Å². The van der Waals surface area contributed by atoms with E-state index in [1.54, 1.807) is 0 Å². The Bertz CT molecular complexity index is 489. The van der Waals surface area contributed by atoms with Crippen LogP contribution in [-0.2, 0) is 0 Å². The molecule has 6 heteroatoms. The van der Waals surface area contributed by atoms with Crippen LogP contribution in [0.3, 0.4) is 0 Å². The zero-order valence-corrected chi connectivity index (χ0v) is 8.96. The fourth-order valence-electron chi connectivity index (χ4n) is 1.81. The average Bonchev–Trinajstić information content (AvgIpc) is 2.26. The fourth-order valence-corrected chi connectivity index (χ4v) is 1.81. The van der Waals surface area contributed by atoms with Crippen LogP contribution in [0.25, 0.3) is 0 Å². The number of nitro benzene ring substituents is 1. The van der Waals surface area contributed by atoms with Crippen LogP contribution in [0.1, 0.15) is 18.4 Å². The zero-order chi connectivity index (χ0) is 12.4. The maximum absolute atomic E-state index is 10.8. The predicted octanol–water partition coefficient (Wildman–Crippen LogP) is 1.40. The molecular formula is C11H11N3O3. The molecular weight excluding hydrogens is 222 g/mol. The van der Waals surface area contributed by atoms with Crippen LogP contribution in [0.4, 0.5) is 11.4 Å². The molecule has 0 radical (unpaired) electrons. The fraction of sp³-hybridized carbons (Fsp3) is 0.364. The molecule has 0 unspecified atom stereocenters. The van der Waals surface area contributed by atoms with Crippen molar-refractivity contribution in [3.05, 3.63) is 33.9 Å². The van der Waals surface area contributed by atoms with Gasteiger partial charge in [0.05, 0.1) is 22.7 Å². The van der Waals surface area contributed by atoms with E-state index >= 15 is 0 Å². The number of rotatable bonds is 3. The lowest BCUT2D eigenvalue weighted by Gasteiger charge is -2.32. The molecule has 17 heavy (non-hydrogen) atoms. The second-order valence-corrected chi connectivity index (χ2v) is 4.07. The van der Waals surface area contributed by atoms with Crippen molar-refractivity contribution in [2.24, 2.45) is 0 Å². The molecule has 0 heterocycles. The molecule has 1 aromatic carbocycles. The predicted molar refractivity (Wildman–Crippen MR) is 60.5 cm³/mol. The second kappa shape index (κ2) is 4.39. The van der Waals surface area contributed by atoms with Gasteiger partial charge in [-0.15, -0.1) is 0 Å². The van der Waals surface area contributed by atoms with Crippen molar-refractivity contribution < 1.29 is 10.0 Å². The summed E-state index contributed by atoms with van der Waals surface area (Å²) in [6, 6.07) is 6.17. The van der Waals surface area contributed by atoms with Gasteiger partial charge in [-0.25, -0.2) is 0 Å². The summed E-state index contributed by atoms with van der Waals surface area (Å²) < 4.78 is 0. The zero-order valence-electron chi connectivity index (χ0n) is 8.96. The third kappa shape index (κ3) is 2.34. The van der Waals surface area contributed by atoms with Crippen molar-refractivity contribution in [1.29, 1.82) is 5.26 Å². The summed E-state index contributed by atoms with van der Waals surface area (Å²) in [7, 11) is 0. The maximum atomic E-state index is 10.8. The van der Waals surface area contributed by atoms with E-state index in [-0.39, 0.29) is 17.8 Å². The van der Waals surface area contributed by atoms with E-state index in [0.29, 0.717) is 24.1 Å². The minimum atomic E-state index is -0.488. The van der Waals surface area contributed by atoms with Gasteiger partial charge < -0.3 is 10.4 Å². The van der Waals surface area contributed by atoms with Crippen LogP contribution in [0.2, 0.25) is 0 Å². The van der Waals surface area contributed by atoms with Gasteiger partial charge in [-0.3, -0.25) is 10.1 Å². The molecule has 88 valence electrons. The summed E-state index contributed by atoms with van der Waals surface area (Å²) in [4.78, 5) is 10.3. The average molecular weight is 233 g/mol. The molecule has 1 aliphatic carbocycles. The van der Waals surface area contributed by atoms with Crippen molar-refractivity contribution in [2.45, 2.75) is 25.0 Å². The monoisotopic (exact) mass is 233 g/mol. The number of hydrogen-bond donors (Lipinski definition) is 2. The molecule has 6 nitrogen and oxygen atoms in total. The second-order valence-electron chi connectivity index (χ2n) is 4.07. The summed E-state index contributed by atoms with van der Waals surface area (Å²) in [5.74, 6) is 0. The lowest BCUT2D eigenvalue weighted by atomic mass is 9.89. The third-order valence-electron chi connectivity index (χ3n) is 2.80. The van der Waals surface area contributed by atoms with Crippen LogP contribution in [0, 0.1) is 21.4 Å². The highest BCUT2D eigenvalue weighted by atomic mass is 16.6. The first-order chi connectivity index (χ1) is 8.10. The number of nitriles is 1. The van der Waals surface area contributed by atoms with Crippen molar-refractivity contribution in [3.63, 3.8) is 0 Å². The van der Waals surface area contributed by atoms with E-state index in [9.17, 15) is 10.1 Å². The van der Waals surface area contributed by atoms with E-state index in [2.05, 4.69) is 5.32 Å². The van der Waals surface area contributed by atoms with Crippen molar-refractivity contribution in [3.8, 4) is 6.07 Å². The number of nitrogens with one attached hydrogen (secondary N) is 1. The molecule has 1 fully saturated rings. The number of hydrogen-bond acceptors (Lipinski definition) is 5. The van der Waals surface area contributed by atoms with E-state index in [1.165, 1.54) is 18.2 Å². The van der Waals surface area contributed by atoms with Gasteiger partial charge in [-0.1, -0.05) is 0 Å². The Morgan fingerprint density at radius 1 is 1.53 bits per heavy atom. The molecule has 1 saturated carbocycles. The molecule has 0 aromatic heterocycles. The molecule has 0 spiro atoms. The molecule has 1 aliphatic rings. The highest BCUT2D eigenvalue weighted by Gasteiger charge is 2.28. The Morgan fingerprint density at radius 2 is 2.24 bits per heavy atom. The standard InChI is InChI=1S/C11H11N3O3/c12-6-7-1-2-11(14(16)17)10(3-7)13-8-4-9(15)5-8/h1-3,8-9,13,15H,4-5H2/t8-,9+. The lowest BCUT2D eigenvalue weighted by molar-refractivity contribution is -0.384. The summed E-state index contributed by atoms with van der Waals surface area (Å²) >= 11 is 0.